The Morgan fingerprint density at radius 1 is 0.151 bits per heavy atom. The van der Waals surface area contributed by atoms with Crippen LogP contribution in [0.25, 0.3) is 0 Å². The van der Waals surface area contributed by atoms with E-state index < -0.39 is 0 Å². The first-order chi connectivity index (χ1) is 51.4. The highest BCUT2D eigenvalue weighted by Crippen LogP contribution is 2.30. The predicted octanol–water partition coefficient (Wildman–Crippen LogP) is 1.40. The van der Waals surface area contributed by atoms with Crippen molar-refractivity contribution in [3.8, 4) is 0 Å². The highest BCUT2D eigenvalue weighted by molar-refractivity contribution is 6.30. The maximum atomic E-state index is 6.65. The van der Waals surface area contributed by atoms with Crippen LogP contribution >= 0.6 is 81.2 Å². The third-order valence-corrected chi connectivity index (χ3v) is 20.8. The van der Waals surface area contributed by atoms with Crippen LogP contribution in [0.4, 0.5) is 89.2 Å². The van der Waals surface area contributed by atoms with E-state index in [0.717, 1.165) is 26.2 Å². The lowest BCUT2D eigenvalue weighted by molar-refractivity contribution is 0.311. The Balaban J connectivity index is 0.482. The van der Waals surface area contributed by atoms with Crippen LogP contribution in [0.2, 0.25) is 37.0 Å². The predicted molar refractivity (Wildman–Crippen MR) is 404 cm³/mol. The highest BCUT2D eigenvalue weighted by atomic mass is 35.5. The van der Waals surface area contributed by atoms with Gasteiger partial charge in [-0.15, -0.1) is 0 Å². The van der Waals surface area contributed by atoms with Gasteiger partial charge in [-0.3, -0.25) is 0 Å². The molecule has 47 heteroatoms. The molecule has 0 unspecified atom stereocenters. The van der Waals surface area contributed by atoms with Gasteiger partial charge < -0.3 is 78.4 Å². The van der Waals surface area contributed by atoms with Crippen LogP contribution in [0.5, 0.6) is 0 Å². The lowest BCUT2D eigenvalue weighted by Gasteiger charge is -2.38. The van der Waals surface area contributed by atoms with Gasteiger partial charge in [0, 0.05) is 209 Å². The minimum Gasteiger partial charge on any atom is -0.338 e. The maximum Gasteiger partial charge on any atom is 0.231 e. The van der Waals surface area contributed by atoms with E-state index in [1.807, 2.05) is 13.8 Å². The number of aromatic nitrogens is 24. The van der Waals surface area contributed by atoms with Crippen molar-refractivity contribution in [1.82, 2.24) is 125 Å². The largest absolute Gasteiger partial charge is 0.338 e. The molecule has 106 heavy (non-hydrogen) atoms. The molecule has 0 amide bonds. The molecule has 8 aliphatic heterocycles. The number of anilines is 15. The Bertz CT molecular complexity index is 4420. The zero-order valence-corrected chi connectivity index (χ0v) is 63.5. The molecule has 558 valence electrons. The van der Waals surface area contributed by atoms with Crippen molar-refractivity contribution in [3.05, 3.63) is 48.6 Å². The van der Waals surface area contributed by atoms with Crippen LogP contribution in [0.3, 0.4) is 0 Å². The Morgan fingerprint density at radius 2 is 0.255 bits per heavy atom. The van der Waals surface area contributed by atoms with Crippen molar-refractivity contribution < 1.29 is 0 Å². The Labute approximate surface area is 643 Å². The van der Waals surface area contributed by atoms with Crippen LogP contribution in [-0.2, 0) is 0 Å². The summed E-state index contributed by atoms with van der Waals surface area (Å²) in [6, 6.07) is 0. The zero-order valence-electron chi connectivity index (χ0n) is 58.2. The Kier molecular flexibility index (Phi) is 20.9. The van der Waals surface area contributed by atoms with Crippen LogP contribution in [0, 0.1) is 13.8 Å². The van der Waals surface area contributed by atoms with Crippen LogP contribution < -0.4 is 73.5 Å². The van der Waals surface area contributed by atoms with Crippen LogP contribution in [0.1, 0.15) is 11.6 Å². The van der Waals surface area contributed by atoms with Crippen molar-refractivity contribution >= 4 is 170 Å². The fraction of sp³-hybridized carbons (Fsp3) is 0.593. The molecule has 0 aliphatic carbocycles. The molecule has 0 radical (unpaired) electrons. The average molecular weight is 1590 g/mol. The van der Waals surface area contributed by atoms with Gasteiger partial charge in [0.05, 0.1) is 0 Å². The SMILES string of the molecule is Cc1nc(C)nc(N2CCN(c3nc(Cl)nc(N4CCN(c5nc(Cl)nc(N6CCN(c7nc(Cl)nc(N8CCN(c9nc(Cl)nc(N%10CCN(c%11nc(Cl)nc(N%12CCN(c%13nc(Cl)nc(N%14CCN(c%15nc(Cl)nc(N%16CCN(C)CC%16)n%15)CC%14)n%13)CC%12)n%11)CC%10)n9)CC8)n7)CC6)n5)CC4)n3)CC2)n1. The molecule has 0 saturated carbocycles. The molecule has 0 aromatic carbocycles. The second-order valence-corrected chi connectivity index (χ2v) is 28.6. The van der Waals surface area contributed by atoms with Gasteiger partial charge in [0.15, 0.2) is 0 Å². The minimum absolute atomic E-state index is 0.0951. The van der Waals surface area contributed by atoms with Crippen molar-refractivity contribution in [2.45, 2.75) is 13.8 Å². The van der Waals surface area contributed by atoms with Gasteiger partial charge in [-0.2, -0.15) is 115 Å². The highest BCUT2D eigenvalue weighted by Gasteiger charge is 2.34. The summed E-state index contributed by atoms with van der Waals surface area (Å²) in [5.74, 6) is 9.09. The van der Waals surface area contributed by atoms with Gasteiger partial charge in [0.25, 0.3) is 0 Å². The molecule has 8 aliphatic rings. The summed E-state index contributed by atoms with van der Waals surface area (Å²) >= 11 is 46.1. The van der Waals surface area contributed by atoms with Crippen LogP contribution in [-0.4, -0.2) is 341 Å². The van der Waals surface area contributed by atoms with Gasteiger partial charge in [0.1, 0.15) is 11.6 Å². The fourth-order valence-corrected chi connectivity index (χ4v) is 14.8. The first-order valence-electron chi connectivity index (χ1n) is 35.0. The summed E-state index contributed by atoms with van der Waals surface area (Å²) in [7, 11) is 2.11. The third kappa shape index (κ3) is 16.3. The molecule has 8 saturated heterocycles. The molecule has 0 atom stereocenters. The summed E-state index contributed by atoms with van der Waals surface area (Å²) in [5, 5.41) is 0.828. The van der Waals surface area contributed by atoms with Crippen molar-refractivity contribution in [1.29, 1.82) is 0 Å². The zero-order chi connectivity index (χ0) is 72.7. The normalized spacial score (nSPS) is 19.0. The van der Waals surface area contributed by atoms with E-state index in [1.165, 1.54) is 0 Å². The second kappa shape index (κ2) is 31.1. The lowest BCUT2D eigenvalue weighted by Crippen LogP contribution is -2.50. The topological polar surface area (TPSA) is 361 Å². The number of hydrogen-bond donors (Lipinski definition) is 0. The van der Waals surface area contributed by atoms with Gasteiger partial charge in [-0.25, -0.2) is 4.98 Å². The average Bonchev–Trinajstić information content (AvgIpc) is 0.814. The number of nitrogens with zero attached hydrogens (tertiary/aromatic N) is 40. The second-order valence-electron chi connectivity index (χ2n) is 26.3. The van der Waals surface area contributed by atoms with E-state index in [4.69, 9.17) is 116 Å². The number of piperazine rings is 8. The summed E-state index contributed by atoms with van der Waals surface area (Å²) in [6.07, 6.45) is 0. The number of aryl methyl sites for hydroxylation is 2. The maximum absolute atomic E-state index is 6.65. The molecule has 8 aromatic rings. The molecule has 8 fully saturated rings. The molecule has 0 spiro atoms. The van der Waals surface area contributed by atoms with E-state index in [2.05, 4.69) is 170 Å². The summed E-state index contributed by atoms with van der Waals surface area (Å²) in [4.78, 5) is 145. The lowest BCUT2D eigenvalue weighted by atomic mass is 10.3. The minimum atomic E-state index is 0.0951. The fourth-order valence-electron chi connectivity index (χ4n) is 13.8. The first kappa shape index (κ1) is 71.3. The van der Waals surface area contributed by atoms with Crippen LogP contribution in [0.15, 0.2) is 0 Å². The van der Waals surface area contributed by atoms with E-state index in [9.17, 15) is 0 Å². The quantitative estimate of drug-likeness (QED) is 0.140. The van der Waals surface area contributed by atoms with Gasteiger partial charge in [0.2, 0.25) is 126 Å². The van der Waals surface area contributed by atoms with Crippen molar-refractivity contribution in [3.63, 3.8) is 0 Å². The number of rotatable bonds is 15. The molecular weight excluding hydrogens is 1520 g/mol. The summed E-state index contributed by atoms with van der Waals surface area (Å²) in [5.41, 5.74) is 0. The molecule has 0 N–H and O–H groups in total. The molecule has 0 bridgehead atoms. The van der Waals surface area contributed by atoms with E-state index in [0.29, 0.717) is 284 Å². The molecule has 16 heterocycles. The van der Waals surface area contributed by atoms with Crippen molar-refractivity contribution in [2.75, 3.05) is 290 Å². The summed E-state index contributed by atoms with van der Waals surface area (Å²) in [6.45, 7) is 23.8. The van der Waals surface area contributed by atoms with Gasteiger partial charge in [-0.1, -0.05) is 0 Å². The standard InChI is InChI=1S/C59H73Cl7N40/c1-36-67-37(2)69-45(68-36)93-8-10-94(11-9-93)48-72-39(61)73-49(85-48)97-16-18-98(19-17-97)52-76-41(63)77-53(87-52)101-24-26-102(27-25-101)56-80-43(65)81-57(89-56)105-32-34-106(35-33-105)59-83-44(66)82-58(90-59)104-30-28-103(29-31-104)55-79-42(64)78-54(88-55)100-22-20-99(21-23-100)51-75-40(62)74-50(86-51)96-14-12-95(13-15-96)47-71-38(60)70-46(84-47)92-6-4-91(3)5-7-92/h4-35H2,1-3H3. The molecule has 40 nitrogen and oxygen atoms in total. The van der Waals surface area contributed by atoms with E-state index >= 15 is 0 Å². The number of hydrogen-bond acceptors (Lipinski definition) is 40. The van der Waals surface area contributed by atoms with Crippen molar-refractivity contribution in [2.24, 2.45) is 0 Å². The Morgan fingerprint density at radius 3 is 0.377 bits per heavy atom. The number of halogens is 7. The summed E-state index contributed by atoms with van der Waals surface area (Å²) < 4.78 is 0. The van der Waals surface area contributed by atoms with E-state index in [1.54, 1.807) is 0 Å². The van der Waals surface area contributed by atoms with E-state index in [-0.39, 0.29) is 37.0 Å². The molecular formula is C59H73Cl7N40. The number of likely N-dealkylation sites (N-methyl/N-ethyl adjacent to an activating group) is 1. The van der Waals surface area contributed by atoms with Gasteiger partial charge in [-0.05, 0) is 102 Å². The smallest absolute Gasteiger partial charge is 0.231 e. The Hall–Kier alpha value is -8.93. The monoisotopic (exact) mass is 1590 g/mol. The first-order valence-corrected chi connectivity index (χ1v) is 37.6. The molecule has 16 rings (SSSR count). The third-order valence-electron chi connectivity index (χ3n) is 19.6. The van der Waals surface area contributed by atoms with Gasteiger partial charge >= 0.3 is 0 Å². The molecule has 8 aromatic heterocycles.